The van der Waals surface area contributed by atoms with Gasteiger partial charge in [-0.2, -0.15) is 0 Å². The van der Waals surface area contributed by atoms with Gasteiger partial charge in [0.05, 0.1) is 0 Å². The zero-order valence-electron chi connectivity index (χ0n) is 19.2. The summed E-state index contributed by atoms with van der Waals surface area (Å²) in [6, 6.07) is 13.3. The van der Waals surface area contributed by atoms with Crippen LogP contribution in [-0.2, 0) is 13.1 Å². The van der Waals surface area contributed by atoms with Crippen LogP contribution < -0.4 is 18.4 Å². The molecule has 0 fully saturated rings. The molecule has 0 heterocycles. The molecular formula is C24H36N2O2Se2. The van der Waals surface area contributed by atoms with E-state index in [1.54, 1.807) is 14.2 Å². The van der Waals surface area contributed by atoms with E-state index < -0.39 is 0 Å². The molecule has 0 radical (unpaired) electrons. The van der Waals surface area contributed by atoms with E-state index in [2.05, 4.69) is 73.9 Å². The van der Waals surface area contributed by atoms with Crippen molar-refractivity contribution < 1.29 is 9.47 Å². The van der Waals surface area contributed by atoms with Gasteiger partial charge in [-0.05, 0) is 0 Å². The van der Waals surface area contributed by atoms with Crippen LogP contribution in [-0.4, -0.2) is 76.5 Å². The average Bonchev–Trinajstić information content (AvgIpc) is 2.80. The number of nitrogens with zero attached hydrogens (tertiary/aromatic N) is 2. The van der Waals surface area contributed by atoms with Crippen molar-refractivity contribution in [1.29, 1.82) is 0 Å². The second-order valence-corrected chi connectivity index (χ2v) is 13.2. The van der Waals surface area contributed by atoms with Gasteiger partial charge >= 0.3 is 195 Å². The second-order valence-electron chi connectivity index (χ2n) is 7.04. The van der Waals surface area contributed by atoms with Crippen molar-refractivity contribution in [2.24, 2.45) is 0 Å². The summed E-state index contributed by atoms with van der Waals surface area (Å²) < 4.78 is 14.0. The fourth-order valence-corrected chi connectivity index (χ4v) is 10.6. The van der Waals surface area contributed by atoms with E-state index in [1.165, 1.54) is 20.1 Å². The van der Waals surface area contributed by atoms with Crippen molar-refractivity contribution in [1.82, 2.24) is 9.80 Å². The molecule has 0 spiro atoms. The molecule has 166 valence electrons. The summed E-state index contributed by atoms with van der Waals surface area (Å²) >= 11 is 0.850. The molecule has 2 rings (SSSR count). The van der Waals surface area contributed by atoms with Crippen molar-refractivity contribution >= 4 is 35.2 Å². The van der Waals surface area contributed by atoms with Crippen LogP contribution in [0.1, 0.15) is 38.8 Å². The van der Waals surface area contributed by atoms with Crippen LogP contribution in [0, 0.1) is 0 Å². The number of rotatable bonds is 13. The Balaban J connectivity index is 2.25. The van der Waals surface area contributed by atoms with Gasteiger partial charge in [0.1, 0.15) is 0 Å². The summed E-state index contributed by atoms with van der Waals surface area (Å²) in [5, 5.41) is 0. The second kappa shape index (κ2) is 13.4. The van der Waals surface area contributed by atoms with Gasteiger partial charge in [-0.3, -0.25) is 0 Å². The van der Waals surface area contributed by atoms with Crippen LogP contribution in [0.2, 0.25) is 0 Å². The van der Waals surface area contributed by atoms with Gasteiger partial charge in [0, 0.05) is 0 Å². The van der Waals surface area contributed by atoms with Crippen LogP contribution in [0.3, 0.4) is 0 Å². The number of methoxy groups -OCH3 is 2. The van der Waals surface area contributed by atoms with Crippen LogP contribution >= 0.6 is 0 Å². The van der Waals surface area contributed by atoms with Crippen LogP contribution in [0.25, 0.3) is 0 Å². The molecule has 2 aromatic carbocycles. The van der Waals surface area contributed by atoms with Crippen molar-refractivity contribution in [2.45, 2.75) is 40.8 Å². The first-order valence-corrected chi connectivity index (χ1v) is 16.8. The fraction of sp³-hybridized carbons (Fsp3) is 0.500. The maximum absolute atomic E-state index is 5.51. The molecule has 30 heavy (non-hydrogen) atoms. The van der Waals surface area contributed by atoms with E-state index in [4.69, 9.17) is 9.47 Å². The van der Waals surface area contributed by atoms with E-state index in [9.17, 15) is 0 Å². The van der Waals surface area contributed by atoms with Gasteiger partial charge in [0.15, 0.2) is 0 Å². The Labute approximate surface area is 194 Å². The molecule has 0 unspecified atom stereocenters. The van der Waals surface area contributed by atoms with E-state index in [-0.39, 0.29) is 0 Å². The summed E-state index contributed by atoms with van der Waals surface area (Å²) in [5.74, 6) is 1.91. The Kier molecular flexibility index (Phi) is 11.3. The predicted octanol–water partition coefficient (Wildman–Crippen LogP) is 2.66. The van der Waals surface area contributed by atoms with Crippen molar-refractivity contribution in [2.75, 3.05) is 40.4 Å². The predicted molar refractivity (Wildman–Crippen MR) is 130 cm³/mol. The van der Waals surface area contributed by atoms with Gasteiger partial charge in [-0.25, -0.2) is 0 Å². The summed E-state index contributed by atoms with van der Waals surface area (Å²) in [6.45, 7) is 15.2. The van der Waals surface area contributed by atoms with Crippen molar-refractivity contribution in [3.05, 3.63) is 47.5 Å². The first-order valence-electron chi connectivity index (χ1n) is 10.7. The zero-order valence-corrected chi connectivity index (χ0v) is 22.7. The summed E-state index contributed by atoms with van der Waals surface area (Å²) in [4.78, 5) is 4.95. The third kappa shape index (κ3) is 7.30. The van der Waals surface area contributed by atoms with Gasteiger partial charge in [0.2, 0.25) is 0 Å². The number of hydrogen-bond acceptors (Lipinski definition) is 4. The SMILES string of the molecule is CCN(CC)Cc1cc(OC)ccc1[Se][Se]c1ccc(OC)cc1CN(CC)CC. The number of benzene rings is 2. The van der Waals surface area contributed by atoms with Crippen LogP contribution in [0.15, 0.2) is 36.4 Å². The quantitative estimate of drug-likeness (QED) is 0.364. The van der Waals surface area contributed by atoms with Crippen molar-refractivity contribution in [3.63, 3.8) is 0 Å². The Bertz CT molecular complexity index is 712. The molecule has 0 saturated carbocycles. The minimum atomic E-state index is 0.425. The standard InChI is InChI=1S/C24H36N2O2Se2/c1-7-25(8-2)17-19-15-21(27-5)11-13-23(19)29-30-24-14-12-22(28-6)16-20(24)18-26(9-3)10-4/h11-16H,7-10,17-18H2,1-6H3. The molecule has 0 atom stereocenters. The molecule has 6 heteroatoms. The Morgan fingerprint density at radius 1 is 0.633 bits per heavy atom. The minimum absolute atomic E-state index is 0.425. The molecule has 0 aliphatic rings. The molecule has 0 N–H and O–H groups in total. The summed E-state index contributed by atoms with van der Waals surface area (Å²) in [7, 11) is 3.50. The van der Waals surface area contributed by atoms with Crippen molar-refractivity contribution in [3.8, 4) is 11.5 Å². The molecule has 0 aliphatic carbocycles. The van der Waals surface area contributed by atoms with Crippen LogP contribution in [0.4, 0.5) is 0 Å². The molecule has 4 nitrogen and oxygen atoms in total. The van der Waals surface area contributed by atoms with E-state index in [1.807, 2.05) is 0 Å². The summed E-state index contributed by atoms with van der Waals surface area (Å²) in [5.41, 5.74) is 2.83. The molecular weight excluding hydrogens is 506 g/mol. The number of hydrogen-bond donors (Lipinski definition) is 0. The maximum atomic E-state index is 5.51. The first kappa shape index (κ1) is 25.3. The van der Waals surface area contributed by atoms with Gasteiger partial charge in [0.25, 0.3) is 0 Å². The molecule has 0 aromatic heterocycles. The van der Waals surface area contributed by atoms with Gasteiger partial charge in [-0.15, -0.1) is 0 Å². The van der Waals surface area contributed by atoms with Crippen LogP contribution in [0.5, 0.6) is 11.5 Å². The van der Waals surface area contributed by atoms with E-state index in [0.717, 1.165) is 50.8 Å². The Morgan fingerprint density at radius 3 is 1.30 bits per heavy atom. The third-order valence-corrected chi connectivity index (χ3v) is 12.8. The monoisotopic (exact) mass is 544 g/mol. The van der Waals surface area contributed by atoms with E-state index >= 15 is 0 Å². The summed E-state index contributed by atoms with van der Waals surface area (Å²) in [6.07, 6.45) is 0. The topological polar surface area (TPSA) is 24.9 Å². The third-order valence-electron chi connectivity index (χ3n) is 5.33. The molecule has 0 bridgehead atoms. The average molecular weight is 542 g/mol. The first-order chi connectivity index (χ1) is 14.6. The molecule has 0 amide bonds. The van der Waals surface area contributed by atoms with Gasteiger partial charge < -0.3 is 0 Å². The molecule has 0 aliphatic heterocycles. The zero-order chi connectivity index (χ0) is 21.9. The van der Waals surface area contributed by atoms with Gasteiger partial charge in [-0.1, -0.05) is 0 Å². The normalized spacial score (nSPS) is 11.3. The van der Waals surface area contributed by atoms with E-state index in [0.29, 0.717) is 26.3 Å². The molecule has 2 aromatic rings. The Morgan fingerprint density at radius 2 is 1.00 bits per heavy atom. The fourth-order valence-electron chi connectivity index (χ4n) is 3.24. The molecule has 0 saturated heterocycles. The Hall–Kier alpha value is -1.00. The number of ether oxygens (including phenoxy) is 2.